The second kappa shape index (κ2) is 6.96. The lowest BCUT2D eigenvalue weighted by Gasteiger charge is -2.36. The van der Waals surface area contributed by atoms with Crippen molar-refractivity contribution in [3.05, 3.63) is 47.2 Å². The van der Waals surface area contributed by atoms with Crippen LogP contribution in [0.1, 0.15) is 29.4 Å². The Bertz CT molecular complexity index is 982. The minimum absolute atomic E-state index is 0.0771. The van der Waals surface area contributed by atoms with E-state index in [1.165, 1.54) is 22.0 Å². The number of hydrogen-bond donors (Lipinski definition) is 2. The highest BCUT2D eigenvalue weighted by atomic mass is 32.3. The zero-order valence-electron chi connectivity index (χ0n) is 14.7. The third-order valence-corrected chi connectivity index (χ3v) is 5.10. The van der Waals surface area contributed by atoms with E-state index in [4.69, 9.17) is 17.5 Å². The molecule has 2 unspecified atom stereocenters. The van der Waals surface area contributed by atoms with Crippen LogP contribution >= 0.6 is 0 Å². The highest BCUT2D eigenvalue weighted by Crippen LogP contribution is 2.36. The first-order valence-corrected chi connectivity index (χ1v) is 9.78. The molecule has 2 bridgehead atoms. The van der Waals surface area contributed by atoms with Crippen LogP contribution in [0.3, 0.4) is 0 Å². The number of aryl methyl sites for hydroxylation is 1. The summed E-state index contributed by atoms with van der Waals surface area (Å²) in [6.07, 6.45) is 3.10. The highest BCUT2D eigenvalue weighted by Gasteiger charge is 2.36. The molecule has 7 nitrogen and oxygen atoms in total. The van der Waals surface area contributed by atoms with Crippen molar-refractivity contribution in [3.8, 4) is 0 Å². The van der Waals surface area contributed by atoms with Crippen LogP contribution in [0.4, 0.5) is 0 Å². The molecule has 26 heavy (non-hydrogen) atoms. The smallest absolute Gasteiger partial charge is 0.341 e. The van der Waals surface area contributed by atoms with Crippen LogP contribution < -0.4 is 0 Å². The maximum absolute atomic E-state index is 13.1. The van der Waals surface area contributed by atoms with Crippen molar-refractivity contribution in [2.45, 2.75) is 19.9 Å². The van der Waals surface area contributed by atoms with Gasteiger partial charge >= 0.3 is 10.4 Å². The monoisotopic (exact) mass is 378 g/mol. The molecule has 0 saturated carbocycles. The lowest BCUT2D eigenvalue weighted by Crippen LogP contribution is -2.41. The molecule has 3 aliphatic rings. The van der Waals surface area contributed by atoms with Crippen LogP contribution in [-0.2, 0) is 24.0 Å². The second-order valence-electron chi connectivity index (χ2n) is 6.63. The molecule has 1 aromatic carbocycles. The van der Waals surface area contributed by atoms with Crippen LogP contribution in [-0.4, -0.2) is 45.9 Å². The van der Waals surface area contributed by atoms with Gasteiger partial charge in [-0.2, -0.15) is 8.42 Å². The van der Waals surface area contributed by atoms with Crippen molar-refractivity contribution < 1.29 is 22.3 Å². The number of Topliss-reactive ketones (excluding diaryl/α,β-unsaturated/α-hetero) is 1. The van der Waals surface area contributed by atoms with E-state index in [0.29, 0.717) is 5.78 Å². The molecule has 140 valence electrons. The number of aromatic nitrogens is 1. The quantitative estimate of drug-likeness (QED) is 0.540. The summed E-state index contributed by atoms with van der Waals surface area (Å²) in [4.78, 5) is 15.6. The van der Waals surface area contributed by atoms with E-state index in [1.54, 1.807) is 0 Å². The summed E-state index contributed by atoms with van der Waals surface area (Å²) in [6, 6.07) is 8.37. The maximum atomic E-state index is 13.1. The minimum Gasteiger partial charge on any atom is -0.341 e. The van der Waals surface area contributed by atoms with Crippen molar-refractivity contribution in [1.82, 2.24) is 9.47 Å². The van der Waals surface area contributed by atoms with Gasteiger partial charge in [-0.3, -0.25) is 18.8 Å². The Morgan fingerprint density at radius 3 is 2.50 bits per heavy atom. The van der Waals surface area contributed by atoms with Gasteiger partial charge in [-0.15, -0.1) is 0 Å². The molecular weight excluding hydrogens is 356 g/mol. The predicted molar refractivity (Wildman–Crippen MR) is 98.6 cm³/mol. The van der Waals surface area contributed by atoms with Gasteiger partial charge in [0.2, 0.25) is 0 Å². The summed E-state index contributed by atoms with van der Waals surface area (Å²) in [5, 5.41) is 1.23. The fourth-order valence-corrected chi connectivity index (χ4v) is 4.01. The number of fused-ring (bicyclic) bond motifs is 3. The Balaban J connectivity index is 0.000000349. The van der Waals surface area contributed by atoms with Gasteiger partial charge in [-0.25, -0.2) is 0 Å². The first-order chi connectivity index (χ1) is 12.2. The highest BCUT2D eigenvalue weighted by molar-refractivity contribution is 7.79. The molecule has 2 aromatic rings. The van der Waals surface area contributed by atoms with E-state index < -0.39 is 10.4 Å². The number of piperidine rings is 1. The first-order valence-electron chi connectivity index (χ1n) is 8.38. The number of allylic oxidation sites excluding steroid dienone is 1. The lowest BCUT2D eigenvalue weighted by atomic mass is 9.83. The predicted octanol–water partition coefficient (Wildman–Crippen LogP) is 2.49. The molecule has 8 heteroatoms. The van der Waals surface area contributed by atoms with Crippen molar-refractivity contribution in [2.24, 2.45) is 13.0 Å². The van der Waals surface area contributed by atoms with Gasteiger partial charge in [0.25, 0.3) is 0 Å². The van der Waals surface area contributed by atoms with Crippen LogP contribution in [0, 0.1) is 5.92 Å². The van der Waals surface area contributed by atoms with Crippen molar-refractivity contribution in [3.63, 3.8) is 0 Å². The fraction of sp³-hybridized carbons (Fsp3) is 0.389. The van der Waals surface area contributed by atoms with E-state index in [-0.39, 0.29) is 5.92 Å². The van der Waals surface area contributed by atoms with E-state index in [2.05, 4.69) is 40.7 Å². The van der Waals surface area contributed by atoms with Crippen LogP contribution in [0.25, 0.3) is 10.9 Å². The summed E-state index contributed by atoms with van der Waals surface area (Å²) in [7, 11) is -2.64. The average Bonchev–Trinajstić information content (AvgIpc) is 2.83. The normalized spacial score (nSPS) is 24.0. The first kappa shape index (κ1) is 18.8. The number of benzene rings is 1. The molecule has 0 spiro atoms. The Morgan fingerprint density at radius 2 is 1.85 bits per heavy atom. The number of nitrogens with zero attached hydrogens (tertiary/aromatic N) is 2. The van der Waals surface area contributed by atoms with Crippen molar-refractivity contribution in [1.29, 1.82) is 0 Å². The maximum Gasteiger partial charge on any atom is 0.394 e. The van der Waals surface area contributed by atoms with Gasteiger partial charge in [-0.1, -0.05) is 24.3 Å². The second-order valence-corrected chi connectivity index (χ2v) is 7.53. The number of hydrogen-bond acceptors (Lipinski definition) is 4. The average molecular weight is 378 g/mol. The number of carbonyl (C=O) groups is 1. The molecule has 0 radical (unpaired) electrons. The van der Waals surface area contributed by atoms with E-state index >= 15 is 0 Å². The van der Waals surface area contributed by atoms with E-state index in [0.717, 1.165) is 31.7 Å². The Hall–Kier alpha value is -2.00. The summed E-state index contributed by atoms with van der Waals surface area (Å²) in [6.45, 7) is 4.90. The molecule has 3 aliphatic heterocycles. The number of ketones is 1. The number of para-hydroxylation sites is 1. The Kier molecular flexibility index (Phi) is 5.03. The summed E-state index contributed by atoms with van der Waals surface area (Å²) in [5.74, 6) is 0.393. The van der Waals surface area contributed by atoms with Crippen LogP contribution in [0.15, 0.2) is 35.9 Å². The van der Waals surface area contributed by atoms with Gasteiger partial charge in [0.05, 0.1) is 5.69 Å². The molecule has 2 N–H and O–H groups in total. The molecule has 0 amide bonds. The third-order valence-electron chi connectivity index (χ3n) is 5.10. The summed E-state index contributed by atoms with van der Waals surface area (Å²) >= 11 is 0. The number of rotatable bonds is 0. The topological polar surface area (TPSA) is 99.8 Å². The zero-order valence-corrected chi connectivity index (χ0v) is 15.5. The molecule has 2 atom stereocenters. The third kappa shape index (κ3) is 3.59. The van der Waals surface area contributed by atoms with E-state index in [9.17, 15) is 4.79 Å². The SMILES string of the molecule is C/C=C1/CN2CCC1C(=O)c1c(c3ccccc3n1C)C2.O=S(=O)(O)O. The molecular formula is C18H22N2O5S. The van der Waals surface area contributed by atoms with Crippen molar-refractivity contribution in [2.75, 3.05) is 13.1 Å². The van der Waals surface area contributed by atoms with Crippen LogP contribution in [0.5, 0.6) is 0 Å². The molecule has 5 rings (SSSR count). The standard InChI is InChI=1S/C18H20N2O.H2O4S/c1-3-12-10-20-9-8-13(12)18(21)17-15(11-20)14-6-4-5-7-16(14)19(17)2;1-5(2,3)4/h3-7,13H,8-11H2,1-2H3;(H2,1,2,3,4)/b12-3-;. The molecule has 4 heterocycles. The Morgan fingerprint density at radius 1 is 1.19 bits per heavy atom. The van der Waals surface area contributed by atoms with Gasteiger partial charge in [-0.05, 0) is 31.5 Å². The van der Waals surface area contributed by atoms with Gasteiger partial charge < -0.3 is 4.57 Å². The summed E-state index contributed by atoms with van der Waals surface area (Å²) in [5.41, 5.74) is 4.60. The van der Waals surface area contributed by atoms with Gasteiger partial charge in [0.1, 0.15) is 0 Å². The minimum atomic E-state index is -4.67. The molecule has 1 saturated heterocycles. The molecule has 1 aromatic heterocycles. The van der Waals surface area contributed by atoms with Crippen molar-refractivity contribution >= 4 is 27.1 Å². The van der Waals surface area contributed by atoms with Crippen LogP contribution in [0.2, 0.25) is 0 Å². The lowest BCUT2D eigenvalue weighted by molar-refractivity contribution is 0.0870. The zero-order chi connectivity index (χ0) is 19.1. The number of carbonyl (C=O) groups excluding carboxylic acids is 1. The Labute approximate surface area is 152 Å². The van der Waals surface area contributed by atoms with Gasteiger partial charge in [0.15, 0.2) is 5.78 Å². The van der Waals surface area contributed by atoms with Gasteiger partial charge in [0, 0.05) is 42.5 Å². The summed E-state index contributed by atoms with van der Waals surface area (Å²) < 4.78 is 33.7. The van der Waals surface area contributed by atoms with E-state index in [1.807, 2.05) is 13.1 Å². The largest absolute Gasteiger partial charge is 0.394 e. The molecule has 1 fully saturated rings. The molecule has 0 aliphatic carbocycles. The fourth-order valence-electron chi connectivity index (χ4n) is 4.01.